The molecule has 0 spiro atoms. The molecule has 0 amide bonds. The van der Waals surface area contributed by atoms with Gasteiger partial charge in [0, 0.05) is 12.8 Å². The number of ether oxygens (including phenoxy) is 2. The molecule has 0 bridgehead atoms. The van der Waals surface area contributed by atoms with Gasteiger partial charge in [0.1, 0.15) is 0 Å². The largest absolute Gasteiger partial charge is 0.393 e. The van der Waals surface area contributed by atoms with Gasteiger partial charge in [0.25, 0.3) is 5.95 Å². The number of allylic oxidation sites excluding steroid dienone is 1. The summed E-state index contributed by atoms with van der Waals surface area (Å²) < 4.78 is 9.93. The summed E-state index contributed by atoms with van der Waals surface area (Å²) in [5.41, 5.74) is 0. The third kappa shape index (κ3) is 4.96. The highest BCUT2D eigenvalue weighted by Gasteiger charge is 2.15. The smallest absolute Gasteiger partial charge is 0.313 e. The van der Waals surface area contributed by atoms with Crippen LogP contribution in [0.1, 0.15) is 51.9 Å². The van der Waals surface area contributed by atoms with E-state index in [1.807, 2.05) is 0 Å². The molecular weight excluding hydrogens is 208 g/mol. The van der Waals surface area contributed by atoms with E-state index in [0.29, 0.717) is 25.7 Å². The van der Waals surface area contributed by atoms with Crippen LogP contribution in [0.5, 0.6) is 0 Å². The summed E-state index contributed by atoms with van der Waals surface area (Å²) in [6.07, 6.45) is 6.51. The monoisotopic (exact) mass is 226 g/mol. The Balaban J connectivity index is 2.58. The highest BCUT2D eigenvalue weighted by Crippen LogP contribution is 2.13. The standard InChI is InChI=1S/C12H18O4/c1-2-3-4-9-12-15-10(13)7-5-6-8-11(14)16-12/h9H,2-8H2,1H3. The van der Waals surface area contributed by atoms with Crippen molar-refractivity contribution in [3.05, 3.63) is 12.0 Å². The average molecular weight is 226 g/mol. The molecule has 0 aromatic heterocycles. The fourth-order valence-electron chi connectivity index (χ4n) is 1.39. The van der Waals surface area contributed by atoms with Gasteiger partial charge >= 0.3 is 11.9 Å². The number of carbonyl (C=O) groups excluding carboxylic acids is 2. The van der Waals surface area contributed by atoms with Gasteiger partial charge < -0.3 is 9.47 Å². The fraction of sp³-hybridized carbons (Fsp3) is 0.667. The number of unbranched alkanes of at least 4 members (excludes halogenated alkanes) is 2. The Kier molecular flexibility index (Phi) is 5.61. The minimum atomic E-state index is -0.322. The second kappa shape index (κ2) is 7.04. The molecule has 0 saturated carbocycles. The van der Waals surface area contributed by atoms with E-state index in [9.17, 15) is 9.59 Å². The number of hydrogen-bond donors (Lipinski definition) is 0. The molecule has 1 aliphatic rings. The van der Waals surface area contributed by atoms with E-state index in [0.717, 1.165) is 19.3 Å². The van der Waals surface area contributed by atoms with Gasteiger partial charge in [-0.3, -0.25) is 9.59 Å². The van der Waals surface area contributed by atoms with Crippen LogP contribution in [0.4, 0.5) is 0 Å². The predicted octanol–water partition coefficient (Wildman–Crippen LogP) is 2.68. The Hall–Kier alpha value is -1.32. The summed E-state index contributed by atoms with van der Waals surface area (Å²) in [5, 5.41) is 0. The summed E-state index contributed by atoms with van der Waals surface area (Å²) >= 11 is 0. The second-order valence-electron chi connectivity index (χ2n) is 3.82. The summed E-state index contributed by atoms with van der Waals surface area (Å²) in [6.45, 7) is 2.07. The van der Waals surface area contributed by atoms with Crippen LogP contribution in [-0.4, -0.2) is 11.9 Å². The van der Waals surface area contributed by atoms with Crippen LogP contribution >= 0.6 is 0 Å². The lowest BCUT2D eigenvalue weighted by Gasteiger charge is -2.06. The highest BCUT2D eigenvalue weighted by molar-refractivity contribution is 5.74. The summed E-state index contributed by atoms with van der Waals surface area (Å²) in [4.78, 5) is 22.6. The van der Waals surface area contributed by atoms with Crippen LogP contribution < -0.4 is 0 Å². The zero-order chi connectivity index (χ0) is 11.8. The SMILES string of the molecule is CCCCC=C1OC(=O)CCCCC(=O)O1. The quantitative estimate of drug-likeness (QED) is 0.548. The van der Waals surface area contributed by atoms with Gasteiger partial charge in [-0.1, -0.05) is 13.3 Å². The molecule has 0 N–H and O–H groups in total. The Bertz CT molecular complexity index is 259. The molecule has 1 saturated heterocycles. The Morgan fingerprint density at radius 2 is 1.69 bits per heavy atom. The molecule has 0 aliphatic carbocycles. The molecule has 1 rings (SSSR count). The average Bonchev–Trinajstić information content (AvgIpc) is 2.31. The molecule has 0 radical (unpaired) electrons. The predicted molar refractivity (Wildman–Crippen MR) is 58.3 cm³/mol. The van der Waals surface area contributed by atoms with Crippen LogP contribution in [0.2, 0.25) is 0 Å². The van der Waals surface area contributed by atoms with E-state index in [1.165, 1.54) is 0 Å². The van der Waals surface area contributed by atoms with Gasteiger partial charge in [-0.15, -0.1) is 0 Å². The van der Waals surface area contributed by atoms with E-state index in [4.69, 9.17) is 9.47 Å². The second-order valence-corrected chi connectivity index (χ2v) is 3.82. The van der Waals surface area contributed by atoms with Crippen molar-refractivity contribution in [1.82, 2.24) is 0 Å². The van der Waals surface area contributed by atoms with Gasteiger partial charge in [-0.05, 0) is 31.8 Å². The van der Waals surface area contributed by atoms with Gasteiger partial charge in [0.15, 0.2) is 0 Å². The van der Waals surface area contributed by atoms with Crippen molar-refractivity contribution < 1.29 is 19.1 Å². The molecule has 0 aromatic rings. The lowest BCUT2D eigenvalue weighted by atomic mass is 10.2. The summed E-state index contributed by atoms with van der Waals surface area (Å²) in [5.74, 6) is -0.583. The Morgan fingerprint density at radius 3 is 2.19 bits per heavy atom. The number of rotatable bonds is 3. The molecule has 0 atom stereocenters. The van der Waals surface area contributed by atoms with Crippen molar-refractivity contribution in [2.24, 2.45) is 0 Å². The van der Waals surface area contributed by atoms with E-state index in [-0.39, 0.29) is 17.9 Å². The molecule has 4 nitrogen and oxygen atoms in total. The lowest BCUT2D eigenvalue weighted by molar-refractivity contribution is -0.152. The molecule has 90 valence electrons. The van der Waals surface area contributed by atoms with Crippen LogP contribution in [0.3, 0.4) is 0 Å². The molecule has 0 aromatic carbocycles. The molecular formula is C12H18O4. The normalized spacial score (nSPS) is 17.9. The topological polar surface area (TPSA) is 52.6 Å². The summed E-state index contributed by atoms with van der Waals surface area (Å²) in [6, 6.07) is 0. The number of carbonyl (C=O) groups is 2. The molecule has 1 fully saturated rings. The van der Waals surface area contributed by atoms with Crippen LogP contribution in [0.25, 0.3) is 0 Å². The first-order chi connectivity index (χ1) is 7.72. The molecule has 4 heteroatoms. The van der Waals surface area contributed by atoms with E-state index in [1.54, 1.807) is 6.08 Å². The maximum Gasteiger partial charge on any atom is 0.313 e. The van der Waals surface area contributed by atoms with Crippen LogP contribution in [0, 0.1) is 0 Å². The number of cyclic esters (lactones) is 2. The van der Waals surface area contributed by atoms with Gasteiger partial charge in [0.2, 0.25) is 0 Å². The first kappa shape index (κ1) is 12.7. The number of esters is 2. The van der Waals surface area contributed by atoms with Gasteiger partial charge in [0.05, 0.1) is 0 Å². The van der Waals surface area contributed by atoms with E-state index in [2.05, 4.69) is 6.92 Å². The van der Waals surface area contributed by atoms with E-state index < -0.39 is 0 Å². The molecule has 1 aliphatic heterocycles. The minimum absolute atomic E-state index is 0.0605. The third-order valence-electron chi connectivity index (χ3n) is 2.31. The minimum Gasteiger partial charge on any atom is -0.393 e. The Labute approximate surface area is 95.6 Å². The van der Waals surface area contributed by atoms with Crippen LogP contribution in [-0.2, 0) is 19.1 Å². The van der Waals surface area contributed by atoms with Crippen molar-refractivity contribution in [2.45, 2.75) is 51.9 Å². The van der Waals surface area contributed by atoms with E-state index >= 15 is 0 Å². The molecule has 0 unspecified atom stereocenters. The van der Waals surface area contributed by atoms with Crippen molar-refractivity contribution in [3.8, 4) is 0 Å². The van der Waals surface area contributed by atoms with Crippen molar-refractivity contribution in [3.63, 3.8) is 0 Å². The maximum absolute atomic E-state index is 11.3. The third-order valence-corrected chi connectivity index (χ3v) is 2.31. The number of hydrogen-bond acceptors (Lipinski definition) is 4. The van der Waals surface area contributed by atoms with Crippen molar-refractivity contribution in [1.29, 1.82) is 0 Å². The zero-order valence-corrected chi connectivity index (χ0v) is 9.66. The van der Waals surface area contributed by atoms with Crippen molar-refractivity contribution in [2.75, 3.05) is 0 Å². The lowest BCUT2D eigenvalue weighted by Crippen LogP contribution is -2.08. The molecule has 16 heavy (non-hydrogen) atoms. The van der Waals surface area contributed by atoms with Gasteiger partial charge in [-0.25, -0.2) is 0 Å². The first-order valence-electron chi connectivity index (χ1n) is 5.84. The van der Waals surface area contributed by atoms with Crippen molar-refractivity contribution >= 4 is 11.9 Å². The maximum atomic E-state index is 11.3. The summed E-state index contributed by atoms with van der Waals surface area (Å²) in [7, 11) is 0. The molecule has 1 heterocycles. The first-order valence-corrected chi connectivity index (χ1v) is 5.84. The fourth-order valence-corrected chi connectivity index (χ4v) is 1.39. The van der Waals surface area contributed by atoms with Gasteiger partial charge in [-0.2, -0.15) is 0 Å². The highest BCUT2D eigenvalue weighted by atomic mass is 16.7. The van der Waals surface area contributed by atoms with Crippen LogP contribution in [0.15, 0.2) is 12.0 Å². The Morgan fingerprint density at radius 1 is 1.12 bits per heavy atom. The zero-order valence-electron chi connectivity index (χ0n) is 9.66.